The van der Waals surface area contributed by atoms with E-state index in [1.165, 1.54) is 14.0 Å². The lowest BCUT2D eigenvalue weighted by molar-refractivity contribution is -0.149. The topological polar surface area (TPSA) is 140 Å². The number of nitrogens with one attached hydrogen (secondary N) is 2. The molecule has 0 saturated heterocycles. The van der Waals surface area contributed by atoms with Gasteiger partial charge in [-0.3, -0.25) is 9.59 Å². The maximum absolute atomic E-state index is 12.8. The summed E-state index contributed by atoms with van der Waals surface area (Å²) in [5.74, 6) is -3.24. The molecule has 0 bridgehead atoms. The molecule has 0 saturated carbocycles. The standard InChI is InChI=1S/C25H28N2O8/c1-14(33-2)22(23(29)26-20(24(30)31)12-21(28)34-3)27-25(32)35-13-19-17-10-6-4-8-15(17)16-9-5-7-11-18(16)19/h4-11,14,19-20,22H,12-13H2,1-3H3,(H,26,29)(H,27,32)(H,30,31)/t14?,20-,22?/m0/s1. The molecule has 2 aromatic carbocycles. The number of aliphatic carboxylic acids is 1. The second-order valence-corrected chi connectivity index (χ2v) is 8.07. The van der Waals surface area contributed by atoms with Crippen molar-refractivity contribution < 1.29 is 38.5 Å². The minimum Gasteiger partial charge on any atom is -0.480 e. The number of carbonyl (C=O) groups excluding carboxylic acids is 3. The van der Waals surface area contributed by atoms with Crippen LogP contribution in [-0.2, 0) is 28.6 Å². The summed E-state index contributed by atoms with van der Waals surface area (Å²) in [4.78, 5) is 48.4. The Labute approximate surface area is 202 Å². The number of methoxy groups -OCH3 is 2. The fraction of sp³-hybridized carbons (Fsp3) is 0.360. The smallest absolute Gasteiger partial charge is 0.407 e. The average Bonchev–Trinajstić information content (AvgIpc) is 3.18. The first kappa shape index (κ1) is 25.7. The van der Waals surface area contributed by atoms with Gasteiger partial charge in [0.15, 0.2) is 0 Å². The minimum absolute atomic E-state index is 0.0374. The Balaban J connectivity index is 1.68. The fourth-order valence-corrected chi connectivity index (χ4v) is 4.01. The van der Waals surface area contributed by atoms with Crippen LogP contribution in [0.2, 0.25) is 0 Å². The number of benzene rings is 2. The van der Waals surface area contributed by atoms with Crippen LogP contribution in [0.1, 0.15) is 30.4 Å². The van der Waals surface area contributed by atoms with Gasteiger partial charge in [-0.05, 0) is 29.2 Å². The number of carboxylic acid groups (broad SMARTS) is 1. The zero-order chi connectivity index (χ0) is 25.5. The van der Waals surface area contributed by atoms with Gasteiger partial charge in [0, 0.05) is 13.0 Å². The monoisotopic (exact) mass is 484 g/mol. The summed E-state index contributed by atoms with van der Waals surface area (Å²) < 4.78 is 15.1. The number of carbonyl (C=O) groups is 4. The molecule has 2 unspecified atom stereocenters. The predicted octanol–water partition coefficient (Wildman–Crippen LogP) is 2.06. The van der Waals surface area contributed by atoms with Gasteiger partial charge in [0.2, 0.25) is 5.91 Å². The fourth-order valence-electron chi connectivity index (χ4n) is 4.01. The zero-order valence-electron chi connectivity index (χ0n) is 19.6. The maximum Gasteiger partial charge on any atom is 0.407 e. The van der Waals surface area contributed by atoms with Crippen molar-refractivity contribution in [3.63, 3.8) is 0 Å². The minimum atomic E-state index is -1.54. The third-order valence-electron chi connectivity index (χ3n) is 5.95. The number of ether oxygens (including phenoxy) is 3. The van der Waals surface area contributed by atoms with Crippen molar-refractivity contribution in [2.45, 2.75) is 37.5 Å². The zero-order valence-corrected chi connectivity index (χ0v) is 19.6. The number of rotatable bonds is 10. The van der Waals surface area contributed by atoms with E-state index < -0.39 is 48.5 Å². The molecule has 0 aromatic heterocycles. The Kier molecular flexibility index (Phi) is 8.43. The molecule has 0 aliphatic heterocycles. The Bertz CT molecular complexity index is 1060. The Morgan fingerprint density at radius 1 is 0.943 bits per heavy atom. The molecule has 0 heterocycles. The van der Waals surface area contributed by atoms with Crippen LogP contribution in [0.25, 0.3) is 11.1 Å². The summed E-state index contributed by atoms with van der Waals surface area (Å²) in [5, 5.41) is 14.0. The van der Waals surface area contributed by atoms with Gasteiger partial charge in [-0.1, -0.05) is 48.5 Å². The molecule has 3 N–H and O–H groups in total. The van der Waals surface area contributed by atoms with Crippen LogP contribution < -0.4 is 10.6 Å². The van der Waals surface area contributed by atoms with E-state index in [2.05, 4.69) is 15.4 Å². The lowest BCUT2D eigenvalue weighted by Gasteiger charge is -2.25. The molecule has 186 valence electrons. The predicted molar refractivity (Wildman–Crippen MR) is 125 cm³/mol. The molecule has 1 aliphatic rings. The highest BCUT2D eigenvalue weighted by Gasteiger charge is 2.33. The molecule has 0 spiro atoms. The van der Waals surface area contributed by atoms with Gasteiger partial charge < -0.3 is 30.0 Å². The Morgan fingerprint density at radius 3 is 2.03 bits per heavy atom. The first-order valence-corrected chi connectivity index (χ1v) is 11.0. The Morgan fingerprint density at radius 2 is 1.51 bits per heavy atom. The largest absolute Gasteiger partial charge is 0.480 e. The van der Waals surface area contributed by atoms with Gasteiger partial charge >= 0.3 is 18.0 Å². The summed E-state index contributed by atoms with van der Waals surface area (Å²) in [6.07, 6.45) is -2.25. The molecular weight excluding hydrogens is 456 g/mol. The number of hydrogen-bond donors (Lipinski definition) is 3. The van der Waals surface area contributed by atoms with E-state index in [9.17, 15) is 24.3 Å². The van der Waals surface area contributed by atoms with E-state index in [0.29, 0.717) is 0 Å². The summed E-state index contributed by atoms with van der Waals surface area (Å²) in [5.41, 5.74) is 4.22. The van der Waals surface area contributed by atoms with E-state index in [1.807, 2.05) is 48.5 Å². The highest BCUT2D eigenvalue weighted by Crippen LogP contribution is 2.44. The number of fused-ring (bicyclic) bond motifs is 3. The third kappa shape index (κ3) is 5.96. The van der Waals surface area contributed by atoms with Gasteiger partial charge in [0.05, 0.1) is 19.6 Å². The van der Waals surface area contributed by atoms with Gasteiger partial charge in [-0.15, -0.1) is 0 Å². The van der Waals surface area contributed by atoms with Crippen LogP contribution in [0, 0.1) is 0 Å². The second kappa shape index (κ2) is 11.5. The van der Waals surface area contributed by atoms with Crippen molar-refractivity contribution in [3.8, 4) is 11.1 Å². The van der Waals surface area contributed by atoms with Crippen LogP contribution in [0.5, 0.6) is 0 Å². The number of alkyl carbamates (subject to hydrolysis) is 1. The molecule has 2 amide bonds. The molecule has 1 aliphatic carbocycles. The number of amides is 2. The SMILES string of the molecule is COC(=O)C[C@H](NC(=O)C(NC(=O)OCC1c2ccccc2-c2ccccc21)C(C)OC)C(=O)O. The van der Waals surface area contributed by atoms with Crippen molar-refractivity contribution >= 4 is 23.9 Å². The van der Waals surface area contributed by atoms with Gasteiger partial charge in [0.25, 0.3) is 0 Å². The molecule has 3 rings (SSSR count). The van der Waals surface area contributed by atoms with Crippen LogP contribution in [0.4, 0.5) is 4.79 Å². The lowest BCUT2D eigenvalue weighted by atomic mass is 9.98. The Hall–Kier alpha value is -3.92. The van der Waals surface area contributed by atoms with Crippen LogP contribution in [-0.4, -0.2) is 68.1 Å². The number of carboxylic acids is 1. The molecule has 0 radical (unpaired) electrons. The molecule has 10 nitrogen and oxygen atoms in total. The quantitative estimate of drug-likeness (QED) is 0.436. The summed E-state index contributed by atoms with van der Waals surface area (Å²) in [6.45, 7) is 1.57. The third-order valence-corrected chi connectivity index (χ3v) is 5.95. The van der Waals surface area contributed by atoms with Crippen molar-refractivity contribution in [2.75, 3.05) is 20.8 Å². The number of esters is 1. The average molecular weight is 485 g/mol. The van der Waals surface area contributed by atoms with Crippen LogP contribution in [0.15, 0.2) is 48.5 Å². The first-order valence-electron chi connectivity index (χ1n) is 11.0. The molecule has 10 heteroatoms. The van der Waals surface area contributed by atoms with Gasteiger partial charge in [-0.25, -0.2) is 9.59 Å². The van der Waals surface area contributed by atoms with Gasteiger partial charge in [-0.2, -0.15) is 0 Å². The lowest BCUT2D eigenvalue weighted by Crippen LogP contribution is -2.56. The summed E-state index contributed by atoms with van der Waals surface area (Å²) in [6, 6.07) is 12.9. The van der Waals surface area contributed by atoms with E-state index in [0.717, 1.165) is 29.4 Å². The van der Waals surface area contributed by atoms with E-state index in [4.69, 9.17) is 9.47 Å². The van der Waals surface area contributed by atoms with Crippen molar-refractivity contribution in [1.29, 1.82) is 0 Å². The van der Waals surface area contributed by atoms with Crippen molar-refractivity contribution in [1.82, 2.24) is 10.6 Å². The van der Waals surface area contributed by atoms with Gasteiger partial charge in [0.1, 0.15) is 18.7 Å². The highest BCUT2D eigenvalue weighted by atomic mass is 16.5. The van der Waals surface area contributed by atoms with Crippen LogP contribution >= 0.6 is 0 Å². The molecule has 3 atom stereocenters. The molecule has 0 fully saturated rings. The molecule has 2 aromatic rings. The first-order chi connectivity index (χ1) is 16.8. The number of hydrogen-bond acceptors (Lipinski definition) is 7. The van der Waals surface area contributed by atoms with Crippen molar-refractivity contribution in [2.24, 2.45) is 0 Å². The highest BCUT2D eigenvalue weighted by molar-refractivity contribution is 5.91. The normalized spacial score (nSPS) is 14.6. The summed E-state index contributed by atoms with van der Waals surface area (Å²) >= 11 is 0. The molecular formula is C25H28N2O8. The van der Waals surface area contributed by atoms with Crippen molar-refractivity contribution in [3.05, 3.63) is 59.7 Å². The maximum atomic E-state index is 12.8. The molecule has 35 heavy (non-hydrogen) atoms. The summed E-state index contributed by atoms with van der Waals surface area (Å²) in [7, 11) is 2.45. The van der Waals surface area contributed by atoms with E-state index in [-0.39, 0.29) is 12.5 Å². The van der Waals surface area contributed by atoms with E-state index >= 15 is 0 Å². The van der Waals surface area contributed by atoms with Crippen LogP contribution in [0.3, 0.4) is 0 Å². The second-order valence-electron chi connectivity index (χ2n) is 8.07. The van der Waals surface area contributed by atoms with E-state index in [1.54, 1.807) is 0 Å².